The molecule has 2 aromatic rings. The van der Waals surface area contributed by atoms with Crippen molar-refractivity contribution in [3.05, 3.63) is 53.8 Å². The number of piperazine rings is 1. The minimum absolute atomic E-state index is 0.0184. The summed E-state index contributed by atoms with van der Waals surface area (Å²) in [5.41, 5.74) is 0.796. The lowest BCUT2D eigenvalue weighted by atomic mass is 10.1. The van der Waals surface area contributed by atoms with Crippen LogP contribution in [0, 0.1) is 5.82 Å². The highest BCUT2D eigenvalue weighted by atomic mass is 32.2. The van der Waals surface area contributed by atoms with E-state index < -0.39 is 21.8 Å². The largest absolute Gasteiger partial charge is 0.478 e. The summed E-state index contributed by atoms with van der Waals surface area (Å²) < 4.78 is 41.1. The van der Waals surface area contributed by atoms with Crippen LogP contribution in [0.4, 0.5) is 15.8 Å². The van der Waals surface area contributed by atoms with Crippen LogP contribution in [0.25, 0.3) is 0 Å². The second-order valence-corrected chi connectivity index (χ2v) is 8.61. The number of carbonyl (C=O) groups is 1. The zero-order chi connectivity index (χ0) is 21.0. The lowest BCUT2D eigenvalue weighted by Crippen LogP contribution is -2.46. The van der Waals surface area contributed by atoms with Gasteiger partial charge in [0.1, 0.15) is 5.82 Å². The number of rotatable bonds is 7. The fourth-order valence-electron chi connectivity index (χ4n) is 3.37. The maximum absolute atomic E-state index is 13.1. The summed E-state index contributed by atoms with van der Waals surface area (Å²) in [6.45, 7) is 6.24. The number of anilines is 2. The molecular weight excluding hydrogens is 397 g/mol. The van der Waals surface area contributed by atoms with E-state index in [1.165, 1.54) is 24.3 Å². The van der Waals surface area contributed by atoms with Crippen molar-refractivity contribution < 1.29 is 22.7 Å². The van der Waals surface area contributed by atoms with Gasteiger partial charge in [0, 0.05) is 26.2 Å². The van der Waals surface area contributed by atoms with Crippen LogP contribution in [0.1, 0.15) is 23.7 Å². The zero-order valence-corrected chi connectivity index (χ0v) is 17.0. The minimum atomic E-state index is -4.00. The Balaban J connectivity index is 1.90. The van der Waals surface area contributed by atoms with Crippen molar-refractivity contribution in [1.82, 2.24) is 4.90 Å². The number of aromatic carboxylic acids is 1. The van der Waals surface area contributed by atoms with Crippen molar-refractivity contribution >= 4 is 27.4 Å². The predicted octanol–water partition coefficient (Wildman–Crippen LogP) is 2.86. The van der Waals surface area contributed by atoms with E-state index in [-0.39, 0.29) is 16.1 Å². The normalized spacial score (nSPS) is 15.3. The van der Waals surface area contributed by atoms with Crippen molar-refractivity contribution in [1.29, 1.82) is 0 Å². The molecule has 9 heteroatoms. The second kappa shape index (κ2) is 8.79. The van der Waals surface area contributed by atoms with Gasteiger partial charge in [-0.15, -0.1) is 0 Å². The molecule has 0 aliphatic carbocycles. The first kappa shape index (κ1) is 21.1. The minimum Gasteiger partial charge on any atom is -0.478 e. The average Bonchev–Trinajstić information content (AvgIpc) is 2.69. The molecule has 0 amide bonds. The quantitative estimate of drug-likeness (QED) is 0.715. The average molecular weight is 421 g/mol. The standard InChI is InChI=1S/C20H24FN3O4S/c1-2-9-23-10-12-24(13-11-23)19-8-3-15(20(25)26)14-18(19)22-29(27,28)17-6-4-16(21)5-7-17/h3-8,14,22H,2,9-13H2,1H3,(H,25,26). The first-order valence-electron chi connectivity index (χ1n) is 9.43. The van der Waals surface area contributed by atoms with Crippen LogP contribution < -0.4 is 9.62 Å². The number of nitrogens with one attached hydrogen (secondary N) is 1. The van der Waals surface area contributed by atoms with E-state index in [4.69, 9.17) is 0 Å². The van der Waals surface area contributed by atoms with Gasteiger partial charge in [0.2, 0.25) is 0 Å². The molecule has 3 rings (SSSR count). The molecule has 1 aliphatic heterocycles. The Morgan fingerprint density at radius 2 is 1.76 bits per heavy atom. The molecule has 0 radical (unpaired) electrons. The maximum atomic E-state index is 13.1. The Labute approximate surface area is 169 Å². The molecule has 0 unspecified atom stereocenters. The van der Waals surface area contributed by atoms with Crippen LogP contribution >= 0.6 is 0 Å². The number of hydrogen-bond donors (Lipinski definition) is 2. The fourth-order valence-corrected chi connectivity index (χ4v) is 4.44. The third kappa shape index (κ3) is 5.04. The van der Waals surface area contributed by atoms with Gasteiger partial charge >= 0.3 is 5.97 Å². The van der Waals surface area contributed by atoms with Gasteiger partial charge in [-0.3, -0.25) is 9.62 Å². The molecule has 2 N–H and O–H groups in total. The molecule has 0 saturated carbocycles. The number of sulfonamides is 1. The van der Waals surface area contributed by atoms with Crippen molar-refractivity contribution in [2.24, 2.45) is 0 Å². The van der Waals surface area contributed by atoms with Crippen LogP contribution in [-0.4, -0.2) is 57.1 Å². The number of carboxylic acid groups (broad SMARTS) is 1. The number of hydrogen-bond acceptors (Lipinski definition) is 5. The van der Waals surface area contributed by atoms with Crippen molar-refractivity contribution in [2.45, 2.75) is 18.2 Å². The molecule has 0 atom stereocenters. The van der Waals surface area contributed by atoms with Crippen molar-refractivity contribution in [3.8, 4) is 0 Å². The Morgan fingerprint density at radius 3 is 2.34 bits per heavy atom. The topological polar surface area (TPSA) is 89.9 Å². The molecular formula is C20H24FN3O4S. The molecule has 1 fully saturated rings. The zero-order valence-electron chi connectivity index (χ0n) is 16.1. The Bertz CT molecular complexity index is 972. The number of carboxylic acids is 1. The van der Waals surface area contributed by atoms with Gasteiger partial charge < -0.3 is 10.0 Å². The smallest absolute Gasteiger partial charge is 0.335 e. The third-order valence-corrected chi connectivity index (χ3v) is 6.25. The van der Waals surface area contributed by atoms with E-state index >= 15 is 0 Å². The molecule has 1 heterocycles. The number of benzene rings is 2. The second-order valence-electron chi connectivity index (χ2n) is 6.93. The van der Waals surface area contributed by atoms with Gasteiger partial charge in [-0.05, 0) is 55.4 Å². The monoisotopic (exact) mass is 421 g/mol. The molecule has 0 bridgehead atoms. The summed E-state index contributed by atoms with van der Waals surface area (Å²) >= 11 is 0. The van der Waals surface area contributed by atoms with Gasteiger partial charge in [-0.2, -0.15) is 0 Å². The SMILES string of the molecule is CCCN1CCN(c2ccc(C(=O)O)cc2NS(=O)(=O)c2ccc(F)cc2)CC1. The van der Waals surface area contributed by atoms with E-state index in [9.17, 15) is 22.7 Å². The lowest BCUT2D eigenvalue weighted by molar-refractivity contribution is 0.0697. The number of halogens is 1. The van der Waals surface area contributed by atoms with Crippen LogP contribution in [0.3, 0.4) is 0 Å². The van der Waals surface area contributed by atoms with Gasteiger partial charge in [0.05, 0.1) is 21.8 Å². The Hall–Kier alpha value is -2.65. The lowest BCUT2D eigenvalue weighted by Gasteiger charge is -2.37. The highest BCUT2D eigenvalue weighted by Gasteiger charge is 2.23. The molecule has 156 valence electrons. The van der Waals surface area contributed by atoms with Crippen LogP contribution in [0.2, 0.25) is 0 Å². The van der Waals surface area contributed by atoms with Crippen LogP contribution in [-0.2, 0) is 10.0 Å². The third-order valence-electron chi connectivity index (χ3n) is 4.86. The fraction of sp³-hybridized carbons (Fsp3) is 0.350. The van der Waals surface area contributed by atoms with Crippen LogP contribution in [0.15, 0.2) is 47.4 Å². The Kier molecular flexibility index (Phi) is 6.39. The molecule has 1 aliphatic rings. The first-order valence-corrected chi connectivity index (χ1v) is 10.9. The first-order chi connectivity index (χ1) is 13.8. The molecule has 0 spiro atoms. The molecule has 0 aromatic heterocycles. The molecule has 1 saturated heterocycles. The Morgan fingerprint density at radius 1 is 1.10 bits per heavy atom. The van der Waals surface area contributed by atoms with Gasteiger partial charge in [-0.25, -0.2) is 17.6 Å². The summed E-state index contributed by atoms with van der Waals surface area (Å²) in [7, 11) is -4.00. The summed E-state index contributed by atoms with van der Waals surface area (Å²) in [5.74, 6) is -1.69. The van der Waals surface area contributed by atoms with Crippen molar-refractivity contribution in [2.75, 3.05) is 42.3 Å². The highest BCUT2D eigenvalue weighted by molar-refractivity contribution is 7.92. The van der Waals surface area contributed by atoms with E-state index in [0.29, 0.717) is 18.8 Å². The summed E-state index contributed by atoms with van der Waals surface area (Å²) in [6, 6.07) is 8.88. The van der Waals surface area contributed by atoms with E-state index in [1.807, 2.05) is 4.90 Å². The predicted molar refractivity (Wildman–Crippen MR) is 110 cm³/mol. The molecule has 2 aromatic carbocycles. The molecule has 29 heavy (non-hydrogen) atoms. The molecule has 7 nitrogen and oxygen atoms in total. The maximum Gasteiger partial charge on any atom is 0.335 e. The van der Waals surface area contributed by atoms with Gasteiger partial charge in [-0.1, -0.05) is 6.92 Å². The summed E-state index contributed by atoms with van der Waals surface area (Å²) in [6.07, 6.45) is 1.07. The van der Waals surface area contributed by atoms with E-state index in [2.05, 4.69) is 16.5 Å². The summed E-state index contributed by atoms with van der Waals surface area (Å²) in [5, 5.41) is 9.31. The van der Waals surface area contributed by atoms with Gasteiger partial charge in [0.15, 0.2) is 0 Å². The van der Waals surface area contributed by atoms with E-state index in [0.717, 1.165) is 38.2 Å². The van der Waals surface area contributed by atoms with Gasteiger partial charge in [0.25, 0.3) is 10.0 Å². The summed E-state index contributed by atoms with van der Waals surface area (Å²) in [4.78, 5) is 15.7. The number of nitrogens with zero attached hydrogens (tertiary/aromatic N) is 2. The van der Waals surface area contributed by atoms with E-state index in [1.54, 1.807) is 6.07 Å². The van der Waals surface area contributed by atoms with Crippen molar-refractivity contribution in [3.63, 3.8) is 0 Å². The van der Waals surface area contributed by atoms with Crippen LogP contribution in [0.5, 0.6) is 0 Å². The highest BCUT2D eigenvalue weighted by Crippen LogP contribution is 2.30.